The van der Waals surface area contributed by atoms with Gasteiger partial charge in [-0.25, -0.2) is 9.97 Å². The third kappa shape index (κ3) is 2.32. The highest BCUT2D eigenvalue weighted by Gasteiger charge is 2.32. The fraction of sp³-hybridized carbons (Fsp3) is 0.647. The minimum Gasteiger partial charge on any atom is -0.315 e. The Kier molecular flexibility index (Phi) is 3.62. The molecule has 4 rings (SSSR count). The Morgan fingerprint density at radius 2 is 2.23 bits per heavy atom. The van der Waals surface area contributed by atoms with Gasteiger partial charge in [-0.2, -0.15) is 0 Å². The largest absolute Gasteiger partial charge is 0.315 e. The summed E-state index contributed by atoms with van der Waals surface area (Å²) in [5, 5.41) is 3.48. The van der Waals surface area contributed by atoms with Crippen LogP contribution in [-0.2, 0) is 0 Å². The van der Waals surface area contributed by atoms with Crippen LogP contribution < -0.4 is 5.32 Å². The van der Waals surface area contributed by atoms with Crippen LogP contribution in [0.2, 0.25) is 0 Å². The minimum absolute atomic E-state index is 0.503. The summed E-state index contributed by atoms with van der Waals surface area (Å²) in [4.78, 5) is 12.2. The molecule has 5 heteroatoms. The SMILES string of the molecule is CC(C)N1CCC(c2nc3cccnc3n2C2CCNC2)C1. The highest BCUT2D eigenvalue weighted by molar-refractivity contribution is 5.71. The minimum atomic E-state index is 0.503. The van der Waals surface area contributed by atoms with E-state index in [1.54, 1.807) is 0 Å². The predicted octanol–water partition coefficient (Wildman–Crippen LogP) is 2.16. The van der Waals surface area contributed by atoms with E-state index in [0.29, 0.717) is 18.0 Å². The first kappa shape index (κ1) is 14.2. The van der Waals surface area contributed by atoms with E-state index < -0.39 is 0 Å². The van der Waals surface area contributed by atoms with Crippen LogP contribution in [0.25, 0.3) is 11.2 Å². The van der Waals surface area contributed by atoms with E-state index in [1.807, 2.05) is 12.3 Å². The lowest BCUT2D eigenvalue weighted by Crippen LogP contribution is -2.28. The van der Waals surface area contributed by atoms with E-state index >= 15 is 0 Å². The molecule has 22 heavy (non-hydrogen) atoms. The van der Waals surface area contributed by atoms with Crippen LogP contribution in [-0.4, -0.2) is 51.7 Å². The van der Waals surface area contributed by atoms with Crippen molar-refractivity contribution in [2.75, 3.05) is 26.2 Å². The molecular weight excluding hydrogens is 274 g/mol. The lowest BCUT2D eigenvalue weighted by atomic mass is 10.1. The Labute approximate surface area is 131 Å². The van der Waals surface area contributed by atoms with Gasteiger partial charge in [-0.15, -0.1) is 0 Å². The highest BCUT2D eigenvalue weighted by Crippen LogP contribution is 2.33. The number of imidazole rings is 1. The summed E-state index contributed by atoms with van der Waals surface area (Å²) >= 11 is 0. The summed E-state index contributed by atoms with van der Waals surface area (Å²) in [6, 6.07) is 5.21. The fourth-order valence-electron chi connectivity index (χ4n) is 3.92. The molecule has 0 aromatic carbocycles. The molecule has 2 aromatic heterocycles. The molecule has 0 bridgehead atoms. The van der Waals surface area contributed by atoms with Crippen LogP contribution in [0.5, 0.6) is 0 Å². The van der Waals surface area contributed by atoms with E-state index in [9.17, 15) is 0 Å². The van der Waals surface area contributed by atoms with Crippen LogP contribution in [0.4, 0.5) is 0 Å². The summed E-state index contributed by atoms with van der Waals surface area (Å²) in [7, 11) is 0. The fourth-order valence-corrected chi connectivity index (χ4v) is 3.92. The van der Waals surface area contributed by atoms with E-state index in [2.05, 4.69) is 39.7 Å². The second-order valence-corrected chi connectivity index (χ2v) is 6.91. The van der Waals surface area contributed by atoms with Crippen molar-refractivity contribution < 1.29 is 0 Å². The quantitative estimate of drug-likeness (QED) is 0.943. The summed E-state index contributed by atoms with van der Waals surface area (Å²) in [6.07, 6.45) is 4.28. The van der Waals surface area contributed by atoms with Gasteiger partial charge in [-0.1, -0.05) is 0 Å². The van der Waals surface area contributed by atoms with Crippen LogP contribution in [0.15, 0.2) is 18.3 Å². The van der Waals surface area contributed by atoms with Gasteiger partial charge < -0.3 is 14.8 Å². The molecule has 0 spiro atoms. The normalized spacial score (nSPS) is 26.5. The number of rotatable bonds is 3. The summed E-state index contributed by atoms with van der Waals surface area (Å²) in [6.45, 7) is 9.01. The second kappa shape index (κ2) is 5.63. The number of nitrogens with zero attached hydrogens (tertiary/aromatic N) is 4. The summed E-state index contributed by atoms with van der Waals surface area (Å²) < 4.78 is 2.43. The zero-order chi connectivity index (χ0) is 15.1. The van der Waals surface area contributed by atoms with Crippen molar-refractivity contribution in [2.24, 2.45) is 0 Å². The topological polar surface area (TPSA) is 46.0 Å². The van der Waals surface area contributed by atoms with E-state index in [1.165, 1.54) is 25.2 Å². The number of pyridine rings is 1. The Balaban J connectivity index is 1.75. The monoisotopic (exact) mass is 299 g/mol. The maximum absolute atomic E-state index is 4.98. The summed E-state index contributed by atoms with van der Waals surface area (Å²) in [5.41, 5.74) is 2.11. The molecule has 2 unspecified atom stereocenters. The van der Waals surface area contributed by atoms with Gasteiger partial charge in [0.1, 0.15) is 11.3 Å². The van der Waals surface area contributed by atoms with E-state index in [0.717, 1.165) is 30.8 Å². The van der Waals surface area contributed by atoms with E-state index in [-0.39, 0.29) is 0 Å². The molecule has 2 saturated heterocycles. The summed E-state index contributed by atoms with van der Waals surface area (Å²) in [5.74, 6) is 1.79. The molecule has 2 aliphatic rings. The van der Waals surface area contributed by atoms with Gasteiger partial charge in [0.15, 0.2) is 5.65 Å². The molecule has 118 valence electrons. The van der Waals surface area contributed by atoms with Crippen molar-refractivity contribution in [3.63, 3.8) is 0 Å². The lowest BCUT2D eigenvalue weighted by molar-refractivity contribution is 0.271. The van der Waals surface area contributed by atoms with Crippen molar-refractivity contribution in [3.8, 4) is 0 Å². The first-order valence-corrected chi connectivity index (χ1v) is 8.51. The number of likely N-dealkylation sites (tertiary alicyclic amines) is 1. The van der Waals surface area contributed by atoms with Crippen LogP contribution in [0.3, 0.4) is 0 Å². The molecule has 0 saturated carbocycles. The number of nitrogens with one attached hydrogen (secondary N) is 1. The third-order valence-corrected chi connectivity index (χ3v) is 5.19. The van der Waals surface area contributed by atoms with Crippen LogP contribution >= 0.6 is 0 Å². The molecule has 0 amide bonds. The lowest BCUT2D eigenvalue weighted by Gasteiger charge is -2.21. The molecule has 2 atom stereocenters. The predicted molar refractivity (Wildman–Crippen MR) is 88.1 cm³/mol. The smallest absolute Gasteiger partial charge is 0.160 e. The molecule has 4 heterocycles. The van der Waals surface area contributed by atoms with Crippen molar-refractivity contribution in [1.29, 1.82) is 0 Å². The molecular formula is C17H25N5. The van der Waals surface area contributed by atoms with Crippen LogP contribution in [0, 0.1) is 0 Å². The Morgan fingerprint density at radius 1 is 1.32 bits per heavy atom. The number of fused-ring (bicyclic) bond motifs is 1. The zero-order valence-electron chi connectivity index (χ0n) is 13.5. The molecule has 2 aliphatic heterocycles. The van der Waals surface area contributed by atoms with Gasteiger partial charge in [-0.05, 0) is 51.9 Å². The average molecular weight is 299 g/mol. The maximum Gasteiger partial charge on any atom is 0.160 e. The first-order chi connectivity index (χ1) is 10.7. The first-order valence-electron chi connectivity index (χ1n) is 8.51. The van der Waals surface area contributed by atoms with Gasteiger partial charge in [0.05, 0.1) is 6.04 Å². The van der Waals surface area contributed by atoms with Gasteiger partial charge in [0, 0.05) is 31.2 Å². The number of hydrogen-bond acceptors (Lipinski definition) is 4. The van der Waals surface area contributed by atoms with Crippen molar-refractivity contribution in [2.45, 2.75) is 44.7 Å². The standard InChI is InChI=1S/C17H25N5/c1-12(2)21-9-6-13(11-21)16-20-15-4-3-7-19-17(15)22(16)14-5-8-18-10-14/h3-4,7,12-14,18H,5-6,8-11H2,1-2H3. The molecule has 1 N–H and O–H groups in total. The van der Waals surface area contributed by atoms with Gasteiger partial charge in [0.2, 0.25) is 0 Å². The highest BCUT2D eigenvalue weighted by atomic mass is 15.2. The molecule has 0 aliphatic carbocycles. The number of hydrogen-bond donors (Lipinski definition) is 1. The Morgan fingerprint density at radius 3 is 2.95 bits per heavy atom. The molecule has 2 fully saturated rings. The Hall–Kier alpha value is -1.46. The number of aromatic nitrogens is 3. The average Bonchev–Trinajstić information content (AvgIpc) is 3.24. The molecule has 2 aromatic rings. The van der Waals surface area contributed by atoms with Crippen molar-refractivity contribution >= 4 is 11.2 Å². The maximum atomic E-state index is 4.98. The van der Waals surface area contributed by atoms with Crippen molar-refractivity contribution in [3.05, 3.63) is 24.2 Å². The van der Waals surface area contributed by atoms with Gasteiger partial charge in [0.25, 0.3) is 0 Å². The van der Waals surface area contributed by atoms with Gasteiger partial charge >= 0.3 is 0 Å². The zero-order valence-corrected chi connectivity index (χ0v) is 13.5. The van der Waals surface area contributed by atoms with E-state index in [4.69, 9.17) is 4.98 Å². The van der Waals surface area contributed by atoms with Crippen molar-refractivity contribution in [1.82, 2.24) is 24.8 Å². The molecule has 5 nitrogen and oxygen atoms in total. The Bertz CT molecular complexity index is 656. The third-order valence-electron chi connectivity index (χ3n) is 5.19. The molecule has 0 radical (unpaired) electrons. The van der Waals surface area contributed by atoms with Crippen LogP contribution in [0.1, 0.15) is 44.5 Å². The van der Waals surface area contributed by atoms with Gasteiger partial charge in [-0.3, -0.25) is 0 Å². The second-order valence-electron chi connectivity index (χ2n) is 6.91.